The number of hydrogen-bond donors (Lipinski definition) is 0. The lowest BCUT2D eigenvalue weighted by molar-refractivity contribution is -0.385. The monoisotopic (exact) mass is 260 g/mol. The first-order valence-electron chi connectivity index (χ1n) is 3.98. The fourth-order valence-electron chi connectivity index (χ4n) is 0.861. The third-order valence-corrected chi connectivity index (χ3v) is 2.13. The number of aromatic nitrogens is 1. The SMILES string of the molecule is CC(C)Oc1nccc([N+](=O)[O-])c1Br. The minimum absolute atomic E-state index is 0.0457. The molecule has 0 fully saturated rings. The molecule has 0 saturated carbocycles. The van der Waals surface area contributed by atoms with E-state index in [4.69, 9.17) is 4.74 Å². The quantitative estimate of drug-likeness (QED) is 0.619. The minimum Gasteiger partial charge on any atom is -0.474 e. The number of halogens is 1. The molecule has 1 aromatic heterocycles. The van der Waals surface area contributed by atoms with Crippen LogP contribution in [0, 0.1) is 10.1 Å². The molecular formula is C8H9BrN2O3. The van der Waals surface area contributed by atoms with E-state index in [1.165, 1.54) is 12.3 Å². The van der Waals surface area contributed by atoms with Gasteiger partial charge in [-0.05, 0) is 29.8 Å². The van der Waals surface area contributed by atoms with Crippen LogP contribution in [0.5, 0.6) is 5.88 Å². The van der Waals surface area contributed by atoms with E-state index in [9.17, 15) is 10.1 Å². The van der Waals surface area contributed by atoms with E-state index in [2.05, 4.69) is 20.9 Å². The van der Waals surface area contributed by atoms with Crippen molar-refractivity contribution in [2.45, 2.75) is 20.0 Å². The Morgan fingerprint density at radius 1 is 1.64 bits per heavy atom. The molecule has 0 amide bonds. The fraction of sp³-hybridized carbons (Fsp3) is 0.375. The molecule has 0 bridgehead atoms. The van der Waals surface area contributed by atoms with Crippen molar-refractivity contribution in [3.63, 3.8) is 0 Å². The van der Waals surface area contributed by atoms with Gasteiger partial charge in [0, 0.05) is 12.3 Å². The van der Waals surface area contributed by atoms with Crippen LogP contribution in [0.4, 0.5) is 5.69 Å². The molecule has 0 aliphatic heterocycles. The summed E-state index contributed by atoms with van der Waals surface area (Å²) >= 11 is 3.08. The first kappa shape index (κ1) is 10.9. The summed E-state index contributed by atoms with van der Waals surface area (Å²) in [6, 6.07) is 1.32. The third-order valence-electron chi connectivity index (χ3n) is 1.38. The van der Waals surface area contributed by atoms with E-state index >= 15 is 0 Å². The number of nitro groups is 1. The van der Waals surface area contributed by atoms with Gasteiger partial charge in [-0.2, -0.15) is 0 Å². The standard InChI is InChI=1S/C8H9BrN2O3/c1-5(2)14-8-7(9)6(11(12)13)3-4-10-8/h3-5H,1-2H3. The van der Waals surface area contributed by atoms with E-state index < -0.39 is 4.92 Å². The van der Waals surface area contributed by atoms with Crippen LogP contribution in [0.3, 0.4) is 0 Å². The van der Waals surface area contributed by atoms with Crippen LogP contribution < -0.4 is 4.74 Å². The molecular weight excluding hydrogens is 252 g/mol. The molecule has 0 radical (unpaired) electrons. The van der Waals surface area contributed by atoms with Crippen molar-refractivity contribution < 1.29 is 9.66 Å². The molecule has 0 aliphatic carbocycles. The van der Waals surface area contributed by atoms with Crippen molar-refractivity contribution >= 4 is 21.6 Å². The van der Waals surface area contributed by atoms with Gasteiger partial charge in [0.25, 0.3) is 5.69 Å². The minimum atomic E-state index is -0.487. The first-order chi connectivity index (χ1) is 6.52. The van der Waals surface area contributed by atoms with E-state index in [-0.39, 0.29) is 22.1 Å². The maximum Gasteiger partial charge on any atom is 0.290 e. The van der Waals surface area contributed by atoms with Crippen LogP contribution in [0.1, 0.15) is 13.8 Å². The number of rotatable bonds is 3. The average molecular weight is 261 g/mol. The van der Waals surface area contributed by atoms with Crippen LogP contribution >= 0.6 is 15.9 Å². The van der Waals surface area contributed by atoms with Gasteiger partial charge in [0.15, 0.2) is 4.47 Å². The van der Waals surface area contributed by atoms with Gasteiger partial charge in [0.2, 0.25) is 5.88 Å². The zero-order valence-electron chi connectivity index (χ0n) is 7.73. The lowest BCUT2D eigenvalue weighted by atomic mass is 10.4. The maximum absolute atomic E-state index is 10.6. The van der Waals surface area contributed by atoms with Crippen molar-refractivity contribution in [1.82, 2.24) is 4.98 Å². The summed E-state index contributed by atoms with van der Waals surface area (Å²) in [7, 11) is 0. The lowest BCUT2D eigenvalue weighted by Gasteiger charge is -2.09. The molecule has 1 rings (SSSR count). The second-order valence-corrected chi connectivity index (χ2v) is 3.67. The van der Waals surface area contributed by atoms with Gasteiger partial charge < -0.3 is 4.74 Å². The maximum atomic E-state index is 10.6. The Morgan fingerprint density at radius 2 is 2.29 bits per heavy atom. The van der Waals surface area contributed by atoms with E-state index in [1.807, 2.05) is 13.8 Å². The zero-order valence-corrected chi connectivity index (χ0v) is 9.32. The van der Waals surface area contributed by atoms with Crippen molar-refractivity contribution in [2.24, 2.45) is 0 Å². The molecule has 14 heavy (non-hydrogen) atoms. The summed E-state index contributed by atoms with van der Waals surface area (Å²) in [5.41, 5.74) is -0.0457. The van der Waals surface area contributed by atoms with Crippen molar-refractivity contribution in [2.75, 3.05) is 0 Å². The number of ether oxygens (including phenoxy) is 1. The van der Waals surface area contributed by atoms with Gasteiger partial charge in [0.1, 0.15) is 0 Å². The van der Waals surface area contributed by atoms with Crippen LogP contribution in [-0.4, -0.2) is 16.0 Å². The Hall–Kier alpha value is -1.17. The zero-order chi connectivity index (χ0) is 10.7. The Bertz CT molecular complexity index is 354. The summed E-state index contributed by atoms with van der Waals surface area (Å²) in [5, 5.41) is 10.6. The summed E-state index contributed by atoms with van der Waals surface area (Å²) in [4.78, 5) is 14.0. The Kier molecular flexibility index (Phi) is 3.40. The normalized spacial score (nSPS) is 10.3. The molecule has 0 unspecified atom stereocenters. The smallest absolute Gasteiger partial charge is 0.290 e. The topological polar surface area (TPSA) is 65.3 Å². The molecule has 1 heterocycles. The van der Waals surface area contributed by atoms with Gasteiger partial charge in [-0.3, -0.25) is 10.1 Å². The van der Waals surface area contributed by atoms with Gasteiger partial charge in [-0.15, -0.1) is 0 Å². The molecule has 0 spiro atoms. The van der Waals surface area contributed by atoms with E-state index in [0.29, 0.717) is 0 Å². The summed E-state index contributed by atoms with van der Waals surface area (Å²) in [6.45, 7) is 3.65. The summed E-state index contributed by atoms with van der Waals surface area (Å²) in [5.74, 6) is 0.245. The molecule has 0 N–H and O–H groups in total. The molecule has 6 heteroatoms. The number of pyridine rings is 1. The lowest BCUT2D eigenvalue weighted by Crippen LogP contribution is -2.07. The Balaban J connectivity index is 3.07. The summed E-state index contributed by atoms with van der Waals surface area (Å²) < 4.78 is 5.55. The first-order valence-corrected chi connectivity index (χ1v) is 4.77. The molecule has 0 atom stereocenters. The Morgan fingerprint density at radius 3 is 2.79 bits per heavy atom. The van der Waals surface area contributed by atoms with E-state index in [1.54, 1.807) is 0 Å². The second kappa shape index (κ2) is 4.36. The van der Waals surface area contributed by atoms with Gasteiger partial charge in [-0.1, -0.05) is 0 Å². The third kappa shape index (κ3) is 2.41. The van der Waals surface area contributed by atoms with Crippen molar-refractivity contribution in [1.29, 1.82) is 0 Å². The highest BCUT2D eigenvalue weighted by atomic mass is 79.9. The molecule has 0 aliphatic rings. The van der Waals surface area contributed by atoms with Gasteiger partial charge in [-0.25, -0.2) is 4.98 Å². The predicted molar refractivity (Wildman–Crippen MR) is 54.4 cm³/mol. The van der Waals surface area contributed by atoms with Crippen molar-refractivity contribution in [3.05, 3.63) is 26.9 Å². The van der Waals surface area contributed by atoms with Gasteiger partial charge >= 0.3 is 0 Å². The van der Waals surface area contributed by atoms with Crippen LogP contribution in [-0.2, 0) is 0 Å². The van der Waals surface area contributed by atoms with Crippen molar-refractivity contribution in [3.8, 4) is 5.88 Å². The van der Waals surface area contributed by atoms with Crippen LogP contribution in [0.2, 0.25) is 0 Å². The highest BCUT2D eigenvalue weighted by Gasteiger charge is 2.17. The highest BCUT2D eigenvalue weighted by molar-refractivity contribution is 9.10. The predicted octanol–water partition coefficient (Wildman–Crippen LogP) is 2.54. The van der Waals surface area contributed by atoms with Crippen LogP contribution in [0.15, 0.2) is 16.7 Å². The molecule has 5 nitrogen and oxygen atoms in total. The Labute approximate surface area is 89.4 Å². The largest absolute Gasteiger partial charge is 0.474 e. The summed E-state index contributed by atoms with van der Waals surface area (Å²) in [6.07, 6.45) is 1.28. The van der Waals surface area contributed by atoms with Crippen LogP contribution in [0.25, 0.3) is 0 Å². The number of nitrogens with zero attached hydrogens (tertiary/aromatic N) is 2. The second-order valence-electron chi connectivity index (χ2n) is 2.87. The number of hydrogen-bond acceptors (Lipinski definition) is 4. The molecule has 1 aromatic rings. The molecule has 76 valence electrons. The van der Waals surface area contributed by atoms with Gasteiger partial charge in [0.05, 0.1) is 11.0 Å². The average Bonchev–Trinajstić information content (AvgIpc) is 2.07. The highest BCUT2D eigenvalue weighted by Crippen LogP contribution is 2.32. The molecule has 0 aromatic carbocycles. The fourth-order valence-corrected chi connectivity index (χ4v) is 1.33. The molecule has 0 saturated heterocycles. The van der Waals surface area contributed by atoms with E-state index in [0.717, 1.165) is 0 Å².